The highest BCUT2D eigenvalue weighted by Crippen LogP contribution is 2.08. The molecular weight excluding hydrogens is 228 g/mol. The largest absolute Gasteiger partial charge is 0.374 e. The molecule has 2 rings (SSSR count). The van der Waals surface area contributed by atoms with Gasteiger partial charge in [-0.3, -0.25) is 4.79 Å². The topological polar surface area (TPSA) is 76.1 Å². The van der Waals surface area contributed by atoms with E-state index in [1.807, 2.05) is 0 Å². The second kappa shape index (κ2) is 5.33. The first-order valence-electron chi connectivity index (χ1n) is 5.17. The molecule has 2 heterocycles. The van der Waals surface area contributed by atoms with Crippen LogP contribution in [0.15, 0.2) is 0 Å². The zero-order valence-electron chi connectivity index (χ0n) is 9.02. The molecule has 0 radical (unpaired) electrons. The molecule has 1 aromatic rings. The molecule has 1 amide bonds. The summed E-state index contributed by atoms with van der Waals surface area (Å²) in [6, 6.07) is 0. The predicted octanol–water partition coefficient (Wildman–Crippen LogP) is -0.435. The van der Waals surface area contributed by atoms with Crippen molar-refractivity contribution in [2.24, 2.45) is 0 Å². The van der Waals surface area contributed by atoms with Crippen LogP contribution in [0.2, 0.25) is 0 Å². The van der Waals surface area contributed by atoms with Crippen LogP contribution in [0.1, 0.15) is 15.4 Å². The van der Waals surface area contributed by atoms with Gasteiger partial charge in [-0.25, -0.2) is 0 Å². The fourth-order valence-corrected chi connectivity index (χ4v) is 2.05. The molecule has 16 heavy (non-hydrogen) atoms. The lowest BCUT2D eigenvalue weighted by atomic mass is 10.3. The van der Waals surface area contributed by atoms with Crippen molar-refractivity contribution in [3.8, 4) is 0 Å². The summed E-state index contributed by atoms with van der Waals surface area (Å²) in [7, 11) is 0. The van der Waals surface area contributed by atoms with E-state index in [4.69, 9.17) is 4.74 Å². The minimum Gasteiger partial charge on any atom is -0.374 e. The van der Waals surface area contributed by atoms with Gasteiger partial charge in [-0.2, -0.15) is 0 Å². The number of hydrogen-bond donors (Lipinski definition) is 2. The van der Waals surface area contributed by atoms with E-state index < -0.39 is 0 Å². The van der Waals surface area contributed by atoms with Crippen molar-refractivity contribution in [2.75, 3.05) is 26.2 Å². The second-order valence-electron chi connectivity index (χ2n) is 3.59. The van der Waals surface area contributed by atoms with Gasteiger partial charge in [0.25, 0.3) is 5.91 Å². The average molecular weight is 242 g/mol. The number of ether oxygens (including phenoxy) is 1. The monoisotopic (exact) mass is 242 g/mol. The first kappa shape index (κ1) is 11.4. The molecule has 0 saturated carbocycles. The summed E-state index contributed by atoms with van der Waals surface area (Å²) in [6.07, 6.45) is 0.0545. The molecule has 1 fully saturated rings. The lowest BCUT2D eigenvalue weighted by molar-refractivity contribution is 0.0287. The van der Waals surface area contributed by atoms with E-state index in [0.29, 0.717) is 23.7 Å². The summed E-state index contributed by atoms with van der Waals surface area (Å²) in [5.74, 6) is -0.123. The van der Waals surface area contributed by atoms with Crippen LogP contribution in [0.5, 0.6) is 0 Å². The number of morpholine rings is 1. The van der Waals surface area contributed by atoms with Crippen LogP contribution >= 0.6 is 11.5 Å². The van der Waals surface area contributed by atoms with Crippen molar-refractivity contribution in [2.45, 2.75) is 13.0 Å². The van der Waals surface area contributed by atoms with E-state index in [0.717, 1.165) is 24.6 Å². The summed E-state index contributed by atoms with van der Waals surface area (Å²) in [6.45, 7) is 4.64. The third kappa shape index (κ3) is 2.75. The van der Waals surface area contributed by atoms with Crippen LogP contribution in [0, 0.1) is 6.92 Å². The predicted molar refractivity (Wildman–Crippen MR) is 59.6 cm³/mol. The van der Waals surface area contributed by atoms with Gasteiger partial charge >= 0.3 is 0 Å². The van der Waals surface area contributed by atoms with Crippen LogP contribution in [-0.4, -0.2) is 47.8 Å². The summed E-state index contributed by atoms with van der Waals surface area (Å²) in [4.78, 5) is 12.3. The van der Waals surface area contributed by atoms with E-state index in [-0.39, 0.29) is 12.0 Å². The van der Waals surface area contributed by atoms with Gasteiger partial charge < -0.3 is 15.4 Å². The third-order valence-electron chi connectivity index (χ3n) is 2.35. The smallest absolute Gasteiger partial charge is 0.265 e. The highest BCUT2D eigenvalue weighted by atomic mass is 32.1. The van der Waals surface area contributed by atoms with E-state index >= 15 is 0 Å². The van der Waals surface area contributed by atoms with Gasteiger partial charge in [0.15, 0.2) is 0 Å². The molecule has 1 atom stereocenters. The van der Waals surface area contributed by atoms with Gasteiger partial charge in [-0.15, -0.1) is 5.10 Å². The molecule has 1 unspecified atom stereocenters. The fraction of sp³-hybridized carbons (Fsp3) is 0.667. The molecule has 1 saturated heterocycles. The Labute approximate surface area is 97.5 Å². The van der Waals surface area contributed by atoms with Crippen molar-refractivity contribution >= 4 is 17.4 Å². The Kier molecular flexibility index (Phi) is 3.81. The molecule has 7 heteroatoms. The summed E-state index contributed by atoms with van der Waals surface area (Å²) in [5.41, 5.74) is 0.671. The quantitative estimate of drug-likeness (QED) is 0.752. The van der Waals surface area contributed by atoms with Crippen LogP contribution in [-0.2, 0) is 4.74 Å². The highest BCUT2D eigenvalue weighted by Gasteiger charge is 2.17. The Morgan fingerprint density at radius 2 is 2.62 bits per heavy atom. The number of aromatic nitrogens is 2. The molecule has 6 nitrogen and oxygen atoms in total. The number of aryl methyl sites for hydroxylation is 1. The van der Waals surface area contributed by atoms with E-state index in [1.165, 1.54) is 0 Å². The fourth-order valence-electron chi connectivity index (χ4n) is 1.48. The maximum atomic E-state index is 11.7. The Morgan fingerprint density at radius 3 is 3.25 bits per heavy atom. The van der Waals surface area contributed by atoms with E-state index in [9.17, 15) is 4.79 Å². The number of hydrogen-bond acceptors (Lipinski definition) is 6. The standard InChI is InChI=1S/C9H14N4O2S/c1-6-8(16-13-12-6)9(14)11-5-7-4-10-2-3-15-7/h7,10H,2-5H2,1H3,(H,11,14). The van der Waals surface area contributed by atoms with Gasteiger partial charge in [0, 0.05) is 19.6 Å². The minimum atomic E-state index is -0.123. The van der Waals surface area contributed by atoms with Crippen molar-refractivity contribution in [3.63, 3.8) is 0 Å². The Hall–Kier alpha value is -1.05. The van der Waals surface area contributed by atoms with Crippen molar-refractivity contribution in [1.82, 2.24) is 20.2 Å². The SMILES string of the molecule is Cc1nnsc1C(=O)NCC1CNCCO1. The van der Waals surface area contributed by atoms with Crippen molar-refractivity contribution < 1.29 is 9.53 Å². The number of nitrogens with zero attached hydrogens (tertiary/aromatic N) is 2. The molecule has 1 aromatic heterocycles. The highest BCUT2D eigenvalue weighted by molar-refractivity contribution is 7.07. The normalized spacial score (nSPS) is 20.7. The van der Waals surface area contributed by atoms with Gasteiger partial charge in [0.05, 0.1) is 18.4 Å². The first-order chi connectivity index (χ1) is 7.77. The molecule has 0 bridgehead atoms. The van der Waals surface area contributed by atoms with Gasteiger partial charge in [-0.05, 0) is 18.5 Å². The van der Waals surface area contributed by atoms with Crippen molar-refractivity contribution in [1.29, 1.82) is 0 Å². The third-order valence-corrected chi connectivity index (χ3v) is 3.18. The lowest BCUT2D eigenvalue weighted by Crippen LogP contribution is -2.45. The zero-order chi connectivity index (χ0) is 11.4. The molecule has 0 aliphatic carbocycles. The molecule has 0 aromatic carbocycles. The van der Waals surface area contributed by atoms with Crippen LogP contribution in [0.25, 0.3) is 0 Å². The van der Waals surface area contributed by atoms with Crippen LogP contribution < -0.4 is 10.6 Å². The molecule has 0 spiro atoms. The number of carbonyl (C=O) groups excluding carboxylic acids is 1. The number of rotatable bonds is 3. The average Bonchev–Trinajstić information content (AvgIpc) is 2.74. The van der Waals surface area contributed by atoms with Crippen molar-refractivity contribution in [3.05, 3.63) is 10.6 Å². The van der Waals surface area contributed by atoms with E-state index in [2.05, 4.69) is 20.2 Å². The Bertz CT molecular complexity index is 362. The summed E-state index contributed by atoms with van der Waals surface area (Å²) >= 11 is 1.11. The minimum absolute atomic E-state index is 0.0545. The van der Waals surface area contributed by atoms with Crippen LogP contribution in [0.4, 0.5) is 0 Å². The molecule has 88 valence electrons. The maximum absolute atomic E-state index is 11.7. The Morgan fingerprint density at radius 1 is 1.75 bits per heavy atom. The van der Waals surface area contributed by atoms with Gasteiger partial charge in [0.2, 0.25) is 0 Å². The summed E-state index contributed by atoms with van der Waals surface area (Å²) < 4.78 is 9.20. The van der Waals surface area contributed by atoms with Gasteiger partial charge in [0.1, 0.15) is 4.88 Å². The maximum Gasteiger partial charge on any atom is 0.265 e. The number of carbonyl (C=O) groups is 1. The molecule has 1 aliphatic heterocycles. The molecule has 1 aliphatic rings. The number of amides is 1. The summed E-state index contributed by atoms with van der Waals surface area (Å²) in [5, 5.41) is 9.82. The molecule has 2 N–H and O–H groups in total. The zero-order valence-corrected chi connectivity index (χ0v) is 9.84. The second-order valence-corrected chi connectivity index (χ2v) is 4.35. The Balaban J connectivity index is 1.81. The molecular formula is C9H14N4O2S. The van der Waals surface area contributed by atoms with E-state index in [1.54, 1.807) is 6.92 Å². The number of nitrogens with one attached hydrogen (secondary N) is 2. The lowest BCUT2D eigenvalue weighted by Gasteiger charge is -2.23. The first-order valence-corrected chi connectivity index (χ1v) is 5.94. The van der Waals surface area contributed by atoms with Gasteiger partial charge in [-0.1, -0.05) is 4.49 Å². The van der Waals surface area contributed by atoms with Crippen LogP contribution in [0.3, 0.4) is 0 Å².